The molecule has 8 heteroatoms. The van der Waals surface area contributed by atoms with Gasteiger partial charge in [0.2, 0.25) is 11.8 Å². The highest BCUT2D eigenvalue weighted by Crippen LogP contribution is 2.28. The number of amides is 3. The molecule has 2 N–H and O–H groups in total. The van der Waals surface area contributed by atoms with Gasteiger partial charge < -0.3 is 10.6 Å². The first-order valence-corrected chi connectivity index (χ1v) is 12.4. The third-order valence-corrected chi connectivity index (χ3v) is 6.78. The lowest BCUT2D eigenvalue weighted by molar-refractivity contribution is -0.127. The van der Waals surface area contributed by atoms with Gasteiger partial charge in [0, 0.05) is 29.7 Å². The number of nitrogens with zero attached hydrogens (tertiary/aromatic N) is 2. The number of hydrogen-bond acceptors (Lipinski definition) is 5. The number of anilines is 1. The van der Waals surface area contributed by atoms with E-state index in [4.69, 9.17) is 0 Å². The van der Waals surface area contributed by atoms with E-state index in [1.54, 1.807) is 54.2 Å². The second-order valence-electron chi connectivity index (χ2n) is 8.29. The summed E-state index contributed by atoms with van der Waals surface area (Å²) in [6.45, 7) is -0.237. The van der Waals surface area contributed by atoms with Crippen molar-refractivity contribution < 1.29 is 14.4 Å². The largest absolute Gasteiger partial charge is 0.351 e. The van der Waals surface area contributed by atoms with Gasteiger partial charge in [-0.25, -0.2) is 0 Å². The van der Waals surface area contributed by atoms with Crippen LogP contribution in [0, 0.1) is 0 Å². The molecule has 0 spiro atoms. The summed E-state index contributed by atoms with van der Waals surface area (Å²) in [6, 6.07) is 15.3. The molecule has 1 atom stereocenters. The van der Waals surface area contributed by atoms with Crippen LogP contribution in [0.15, 0.2) is 72.4 Å². The summed E-state index contributed by atoms with van der Waals surface area (Å²) in [7, 11) is 0. The third kappa shape index (κ3) is 5.88. The summed E-state index contributed by atoms with van der Waals surface area (Å²) in [6.07, 6.45) is 8.45. The van der Waals surface area contributed by atoms with Gasteiger partial charge in [-0.05, 0) is 42.5 Å². The summed E-state index contributed by atoms with van der Waals surface area (Å²) in [5.41, 5.74) is 1.18. The maximum absolute atomic E-state index is 13.6. The number of pyridine rings is 1. The van der Waals surface area contributed by atoms with Crippen LogP contribution in [-0.4, -0.2) is 35.3 Å². The maximum atomic E-state index is 13.6. The van der Waals surface area contributed by atoms with Crippen molar-refractivity contribution in [1.29, 1.82) is 0 Å². The Labute approximate surface area is 203 Å². The highest BCUT2D eigenvalue weighted by Gasteiger charge is 2.34. The number of benzene rings is 1. The molecule has 34 heavy (non-hydrogen) atoms. The number of rotatable bonds is 8. The lowest BCUT2D eigenvalue weighted by Gasteiger charge is -2.33. The zero-order chi connectivity index (χ0) is 23.8. The molecule has 0 radical (unpaired) electrons. The number of para-hydroxylation sites is 1. The first kappa shape index (κ1) is 23.6. The Morgan fingerprint density at radius 2 is 1.79 bits per heavy atom. The van der Waals surface area contributed by atoms with Crippen LogP contribution in [0.1, 0.15) is 53.4 Å². The Hall–Kier alpha value is -3.52. The van der Waals surface area contributed by atoms with Gasteiger partial charge in [-0.3, -0.25) is 24.3 Å². The van der Waals surface area contributed by atoms with Crippen molar-refractivity contribution in [2.24, 2.45) is 0 Å². The molecule has 4 rings (SSSR count). The molecule has 0 saturated heterocycles. The smallest absolute Gasteiger partial charge is 0.261 e. The van der Waals surface area contributed by atoms with Crippen molar-refractivity contribution in [2.45, 2.75) is 44.2 Å². The molecule has 1 saturated carbocycles. The zero-order valence-corrected chi connectivity index (χ0v) is 19.7. The number of hydrogen-bond donors (Lipinski definition) is 2. The van der Waals surface area contributed by atoms with Crippen LogP contribution >= 0.6 is 11.3 Å². The van der Waals surface area contributed by atoms with Crippen LogP contribution in [0.5, 0.6) is 0 Å². The second kappa shape index (κ2) is 11.6. The van der Waals surface area contributed by atoms with Gasteiger partial charge in [-0.2, -0.15) is 0 Å². The molecule has 1 aromatic carbocycles. The normalized spacial score (nSPS) is 14.7. The molecule has 3 amide bonds. The van der Waals surface area contributed by atoms with Crippen LogP contribution in [-0.2, 0) is 9.59 Å². The minimum Gasteiger partial charge on any atom is -0.351 e. The molecule has 2 heterocycles. The highest BCUT2D eigenvalue weighted by molar-refractivity contribution is 7.12. The molecule has 1 aliphatic rings. The van der Waals surface area contributed by atoms with E-state index in [2.05, 4.69) is 15.6 Å². The molecule has 0 aliphatic heterocycles. The topological polar surface area (TPSA) is 91.4 Å². The molecule has 1 aliphatic carbocycles. The third-order valence-electron chi connectivity index (χ3n) is 5.91. The van der Waals surface area contributed by atoms with Gasteiger partial charge in [0.15, 0.2) is 0 Å². The van der Waals surface area contributed by atoms with Crippen LogP contribution in [0.2, 0.25) is 0 Å². The fourth-order valence-corrected chi connectivity index (χ4v) is 4.88. The van der Waals surface area contributed by atoms with Crippen molar-refractivity contribution in [2.75, 3.05) is 11.4 Å². The predicted octanol–water partition coefficient (Wildman–Crippen LogP) is 4.10. The lowest BCUT2D eigenvalue weighted by atomic mass is 9.94. The Kier molecular flexibility index (Phi) is 8.04. The van der Waals surface area contributed by atoms with Crippen LogP contribution in [0.3, 0.4) is 0 Å². The quantitative estimate of drug-likeness (QED) is 0.512. The van der Waals surface area contributed by atoms with Crippen molar-refractivity contribution in [3.05, 3.63) is 82.8 Å². The van der Waals surface area contributed by atoms with E-state index >= 15 is 0 Å². The minimum atomic E-state index is -0.913. The van der Waals surface area contributed by atoms with Crippen molar-refractivity contribution in [1.82, 2.24) is 15.6 Å². The first-order valence-electron chi connectivity index (χ1n) is 11.5. The molecular formula is C26H28N4O3S. The fourth-order valence-electron chi connectivity index (χ4n) is 4.24. The number of carbonyl (C=O) groups excluding carboxylic acids is 3. The van der Waals surface area contributed by atoms with Gasteiger partial charge in [-0.1, -0.05) is 49.6 Å². The Balaban J connectivity index is 1.63. The van der Waals surface area contributed by atoms with Crippen molar-refractivity contribution >= 4 is 34.7 Å². The molecule has 3 aromatic rings. The van der Waals surface area contributed by atoms with E-state index in [1.807, 2.05) is 18.2 Å². The van der Waals surface area contributed by atoms with E-state index in [0.717, 1.165) is 25.7 Å². The summed E-state index contributed by atoms with van der Waals surface area (Å²) in [5, 5.41) is 7.66. The monoisotopic (exact) mass is 476 g/mol. The van der Waals surface area contributed by atoms with Gasteiger partial charge in [0.1, 0.15) is 6.04 Å². The Bertz CT molecular complexity index is 1080. The van der Waals surface area contributed by atoms with E-state index in [1.165, 1.54) is 22.7 Å². The standard InChI is InChI=1S/C26H28N4O3S/c31-23(18-28-25(32)22-14-8-16-34-22)30(21-12-5-2-6-13-21)24(19-9-7-15-27-17-19)26(33)29-20-10-3-1-4-11-20/h2,5-9,12-17,20,24H,1,3-4,10-11,18H2,(H,28,32)(H,29,33)/t24-/m1/s1. The molecule has 0 bridgehead atoms. The van der Waals surface area contributed by atoms with Gasteiger partial charge in [0.05, 0.1) is 11.4 Å². The fraction of sp³-hybridized carbons (Fsp3) is 0.308. The van der Waals surface area contributed by atoms with Gasteiger partial charge in [0.25, 0.3) is 5.91 Å². The first-order chi connectivity index (χ1) is 16.6. The summed E-state index contributed by atoms with van der Waals surface area (Å²) in [4.78, 5) is 45.8. The molecule has 1 fully saturated rings. The average Bonchev–Trinajstić information content (AvgIpc) is 3.42. The molecular weight excluding hydrogens is 448 g/mol. The molecule has 2 aromatic heterocycles. The molecule has 7 nitrogen and oxygen atoms in total. The molecule has 0 unspecified atom stereocenters. The SMILES string of the molecule is O=C(NCC(=O)N(c1ccccc1)[C@@H](C(=O)NC1CCCCC1)c1cccnc1)c1cccs1. The minimum absolute atomic E-state index is 0.0895. The van der Waals surface area contributed by atoms with E-state index in [0.29, 0.717) is 16.1 Å². The van der Waals surface area contributed by atoms with Crippen LogP contribution in [0.4, 0.5) is 5.69 Å². The van der Waals surface area contributed by atoms with E-state index < -0.39 is 6.04 Å². The zero-order valence-electron chi connectivity index (χ0n) is 18.9. The second-order valence-corrected chi connectivity index (χ2v) is 9.24. The number of carbonyl (C=O) groups is 3. The van der Waals surface area contributed by atoms with Gasteiger partial charge in [-0.15, -0.1) is 11.3 Å². The summed E-state index contributed by atoms with van der Waals surface area (Å²) >= 11 is 1.31. The van der Waals surface area contributed by atoms with E-state index in [-0.39, 0.29) is 30.3 Å². The summed E-state index contributed by atoms with van der Waals surface area (Å²) in [5.74, 6) is -0.952. The lowest BCUT2D eigenvalue weighted by Crippen LogP contribution is -2.49. The Morgan fingerprint density at radius 3 is 2.47 bits per heavy atom. The number of nitrogens with one attached hydrogen (secondary N) is 2. The van der Waals surface area contributed by atoms with Crippen molar-refractivity contribution in [3.63, 3.8) is 0 Å². The Morgan fingerprint density at radius 1 is 1.00 bits per heavy atom. The number of thiophene rings is 1. The maximum Gasteiger partial charge on any atom is 0.261 e. The van der Waals surface area contributed by atoms with Crippen LogP contribution < -0.4 is 15.5 Å². The highest BCUT2D eigenvalue weighted by atomic mass is 32.1. The van der Waals surface area contributed by atoms with Crippen molar-refractivity contribution in [3.8, 4) is 0 Å². The molecule has 176 valence electrons. The average molecular weight is 477 g/mol. The summed E-state index contributed by atoms with van der Waals surface area (Å²) < 4.78 is 0. The predicted molar refractivity (Wildman–Crippen MR) is 133 cm³/mol. The van der Waals surface area contributed by atoms with E-state index in [9.17, 15) is 14.4 Å². The van der Waals surface area contributed by atoms with Crippen LogP contribution in [0.25, 0.3) is 0 Å². The van der Waals surface area contributed by atoms with Gasteiger partial charge >= 0.3 is 0 Å². The number of aromatic nitrogens is 1.